The third-order valence-corrected chi connectivity index (χ3v) is 0.503. The van der Waals surface area contributed by atoms with E-state index in [-0.39, 0.29) is 11.8 Å². The monoisotopic (exact) mass is 95.0 g/mol. The van der Waals surface area contributed by atoms with Crippen molar-refractivity contribution in [3.8, 4) is 0 Å². The van der Waals surface area contributed by atoms with Gasteiger partial charge in [-0.15, -0.1) is 0 Å². The second kappa shape index (κ2) is 1.22. The van der Waals surface area contributed by atoms with E-state index < -0.39 is 0 Å². The third-order valence-electron chi connectivity index (χ3n) is 0.503. The van der Waals surface area contributed by atoms with Crippen LogP contribution in [-0.2, 0) is 0 Å². The largest absolute Gasteiger partial charge is 0.368 e. The summed E-state index contributed by atoms with van der Waals surface area (Å²) < 4.78 is 0. The van der Waals surface area contributed by atoms with E-state index in [0.29, 0.717) is 0 Å². The Labute approximate surface area is 40.8 Å². The first-order valence-corrected chi connectivity index (χ1v) is 1.68. The summed E-state index contributed by atoms with van der Waals surface area (Å²) in [6, 6.07) is 0. The summed E-state index contributed by atoms with van der Waals surface area (Å²) in [6.07, 6.45) is 0. The molecule has 3 radical (unpaired) electrons. The number of nitrogen functional groups attached to an aromatic ring is 1. The number of H-pyrrole nitrogens is 1. The van der Waals surface area contributed by atoms with E-state index in [0.717, 1.165) is 0 Å². The van der Waals surface area contributed by atoms with E-state index in [4.69, 9.17) is 12.7 Å². The van der Waals surface area contributed by atoms with Crippen molar-refractivity contribution < 1.29 is 0 Å². The lowest BCUT2D eigenvalue weighted by Gasteiger charge is -1.69. The Balaban J connectivity index is 3.04. The van der Waals surface area contributed by atoms with Crippen molar-refractivity contribution in [3.05, 3.63) is 12.7 Å². The average Bonchev–Trinajstić information content (AvgIpc) is 1.87. The molecule has 1 aromatic heterocycles. The first kappa shape index (κ1) is 4.11. The Morgan fingerprint density at radius 1 is 1.71 bits per heavy atom. The van der Waals surface area contributed by atoms with Crippen LogP contribution in [0.25, 0.3) is 0 Å². The molecule has 0 amide bonds. The third kappa shape index (κ3) is 0.677. The lowest BCUT2D eigenvalue weighted by atomic mass is 10.8. The van der Waals surface area contributed by atoms with Crippen molar-refractivity contribution in [1.82, 2.24) is 15.2 Å². The first-order valence-electron chi connectivity index (χ1n) is 1.68. The zero-order valence-corrected chi connectivity index (χ0v) is 3.47. The molecule has 1 aromatic rings. The van der Waals surface area contributed by atoms with Gasteiger partial charge in [0.2, 0.25) is 5.95 Å². The molecule has 4 heteroatoms. The van der Waals surface area contributed by atoms with Gasteiger partial charge in [0.25, 0.3) is 0 Å². The molecule has 7 heavy (non-hydrogen) atoms. The van der Waals surface area contributed by atoms with Gasteiger partial charge < -0.3 is 5.73 Å². The smallest absolute Gasteiger partial charge is 0.216 e. The van der Waals surface area contributed by atoms with Gasteiger partial charge in [-0.2, -0.15) is 10.1 Å². The zero-order valence-electron chi connectivity index (χ0n) is 3.47. The lowest BCUT2D eigenvalue weighted by Crippen LogP contribution is -1.84. The molecule has 0 atom stereocenters. The minimum atomic E-state index is -0.0718. The number of nitrogens with one attached hydrogen (secondary N) is 1. The van der Waals surface area contributed by atoms with E-state index >= 15 is 0 Å². The molecule has 4 nitrogen and oxygen atoms in total. The van der Waals surface area contributed by atoms with E-state index in [9.17, 15) is 0 Å². The average molecular weight is 95.1 g/mol. The molecular weight excluding hydrogens is 92.1 g/mol. The van der Waals surface area contributed by atoms with Crippen LogP contribution < -0.4 is 5.73 Å². The predicted octanol–water partition coefficient (Wildman–Crippen LogP) is -0.677. The van der Waals surface area contributed by atoms with Crippen LogP contribution in [-0.4, -0.2) is 15.2 Å². The van der Waals surface area contributed by atoms with Crippen LogP contribution >= 0.6 is 0 Å². The van der Waals surface area contributed by atoms with E-state index in [1.807, 2.05) is 0 Å². The normalized spacial score (nSPS) is 9.29. The summed E-state index contributed by atoms with van der Waals surface area (Å²) in [5, 5.41) is 5.62. The standard InChI is InChI=1S/C3H3N4/c1-2-5-3(4)7-6-2/h(H3,4,5,6,7). The molecular formula is C3H3N4. The second-order valence-corrected chi connectivity index (χ2v) is 1.04. The van der Waals surface area contributed by atoms with Crippen LogP contribution in [0.4, 0.5) is 5.95 Å². The number of hydrogen-bond donors (Lipinski definition) is 2. The van der Waals surface area contributed by atoms with Crippen LogP contribution in [0.5, 0.6) is 0 Å². The molecule has 0 aliphatic heterocycles. The number of nitrogens with two attached hydrogens (primary N) is 1. The molecule has 0 spiro atoms. The number of rotatable bonds is 0. The minimum Gasteiger partial charge on any atom is -0.368 e. The molecule has 35 valence electrons. The van der Waals surface area contributed by atoms with Crippen LogP contribution in [0.2, 0.25) is 0 Å². The minimum absolute atomic E-state index is 0.0718. The molecule has 0 saturated heterocycles. The van der Waals surface area contributed by atoms with Gasteiger partial charge in [-0.05, 0) is 0 Å². The van der Waals surface area contributed by atoms with Gasteiger partial charge in [-0.3, -0.25) is 0 Å². The number of anilines is 1. The molecule has 0 aromatic carbocycles. The van der Waals surface area contributed by atoms with Crippen LogP contribution in [0, 0.1) is 6.92 Å². The highest BCUT2D eigenvalue weighted by Gasteiger charge is 1.87. The number of aromatic nitrogens is 3. The molecule has 1 rings (SSSR count). The molecule has 0 unspecified atom stereocenters. The fourth-order valence-corrected chi connectivity index (χ4v) is 0.274. The summed E-state index contributed by atoms with van der Waals surface area (Å²) in [6.45, 7) is 6.68. The van der Waals surface area contributed by atoms with Gasteiger partial charge in [0.1, 0.15) is 0 Å². The summed E-state index contributed by atoms with van der Waals surface area (Å²) in [4.78, 5) is 3.39. The van der Waals surface area contributed by atoms with E-state index in [1.165, 1.54) is 0 Å². The van der Waals surface area contributed by atoms with Crippen molar-refractivity contribution in [2.45, 2.75) is 0 Å². The fourth-order valence-electron chi connectivity index (χ4n) is 0.274. The SMILES string of the molecule is [C]c1n[nH]c(N)n1. The Morgan fingerprint density at radius 3 is 2.57 bits per heavy atom. The van der Waals surface area contributed by atoms with Gasteiger partial charge in [0.05, 0.1) is 6.92 Å². The zero-order chi connectivity index (χ0) is 5.28. The molecule has 0 bridgehead atoms. The highest BCUT2D eigenvalue weighted by Crippen LogP contribution is 1.86. The highest BCUT2D eigenvalue weighted by molar-refractivity contribution is 5.13. The quantitative estimate of drug-likeness (QED) is 0.448. The van der Waals surface area contributed by atoms with Gasteiger partial charge in [-0.1, -0.05) is 0 Å². The predicted molar refractivity (Wildman–Crippen MR) is 23.1 cm³/mol. The first-order chi connectivity index (χ1) is 3.29. The van der Waals surface area contributed by atoms with Crippen molar-refractivity contribution in [2.24, 2.45) is 0 Å². The summed E-state index contributed by atoms with van der Waals surface area (Å²) in [7, 11) is 0. The molecule has 3 N–H and O–H groups in total. The lowest BCUT2D eigenvalue weighted by molar-refractivity contribution is 1.07. The van der Waals surface area contributed by atoms with Crippen molar-refractivity contribution in [2.75, 3.05) is 5.73 Å². The Morgan fingerprint density at radius 2 is 2.43 bits per heavy atom. The summed E-state index contributed by atoms with van der Waals surface area (Å²) >= 11 is 0. The molecule has 0 fully saturated rings. The molecule has 1 heterocycles. The number of hydrogen-bond acceptors (Lipinski definition) is 3. The van der Waals surface area contributed by atoms with E-state index in [1.54, 1.807) is 0 Å². The molecule has 0 saturated carbocycles. The Bertz CT molecular complexity index is 139. The second-order valence-electron chi connectivity index (χ2n) is 1.04. The Kier molecular flexibility index (Phi) is 0.714. The molecule has 0 aliphatic rings. The van der Waals surface area contributed by atoms with Crippen molar-refractivity contribution in [3.63, 3.8) is 0 Å². The van der Waals surface area contributed by atoms with Gasteiger partial charge in [0.15, 0.2) is 5.82 Å². The topological polar surface area (TPSA) is 67.6 Å². The van der Waals surface area contributed by atoms with Crippen LogP contribution in [0.15, 0.2) is 0 Å². The van der Waals surface area contributed by atoms with Crippen molar-refractivity contribution >= 4 is 5.95 Å². The maximum absolute atomic E-state index is 6.68. The number of aromatic amines is 1. The fraction of sp³-hybridized carbons (Fsp3) is 0. The maximum Gasteiger partial charge on any atom is 0.216 e. The van der Waals surface area contributed by atoms with Gasteiger partial charge in [0, 0.05) is 0 Å². The van der Waals surface area contributed by atoms with Crippen LogP contribution in [0.3, 0.4) is 0 Å². The molecule has 0 aliphatic carbocycles. The Hall–Kier alpha value is -1.06. The van der Waals surface area contributed by atoms with Gasteiger partial charge in [-0.25, -0.2) is 5.10 Å². The maximum atomic E-state index is 6.68. The van der Waals surface area contributed by atoms with E-state index in [2.05, 4.69) is 15.2 Å². The summed E-state index contributed by atoms with van der Waals surface area (Å²) in [5.41, 5.74) is 5.03. The van der Waals surface area contributed by atoms with Crippen molar-refractivity contribution in [1.29, 1.82) is 0 Å². The van der Waals surface area contributed by atoms with Crippen LogP contribution in [0.1, 0.15) is 5.82 Å². The highest BCUT2D eigenvalue weighted by atomic mass is 15.2. The van der Waals surface area contributed by atoms with Gasteiger partial charge >= 0.3 is 0 Å². The summed E-state index contributed by atoms with van der Waals surface area (Å²) in [5.74, 6) is 0.113. The number of nitrogens with zero attached hydrogens (tertiary/aromatic N) is 2.